The summed E-state index contributed by atoms with van der Waals surface area (Å²) in [5.74, 6) is 1.09. The van der Waals surface area contributed by atoms with Crippen LogP contribution in [0.2, 0.25) is 0 Å². The zero-order chi connectivity index (χ0) is 22.2. The molecule has 33 heavy (non-hydrogen) atoms. The lowest BCUT2D eigenvalue weighted by molar-refractivity contribution is 0.532. The first-order chi connectivity index (χ1) is 16.3. The van der Waals surface area contributed by atoms with Crippen molar-refractivity contribution in [3.8, 4) is 0 Å². The van der Waals surface area contributed by atoms with Crippen molar-refractivity contribution in [3.05, 3.63) is 77.4 Å². The van der Waals surface area contributed by atoms with E-state index in [1.54, 1.807) is 0 Å². The summed E-state index contributed by atoms with van der Waals surface area (Å²) in [7, 11) is 0. The van der Waals surface area contributed by atoms with Crippen LogP contribution in [-0.2, 0) is 6.42 Å². The van der Waals surface area contributed by atoms with E-state index in [0.717, 1.165) is 72.7 Å². The largest absolute Gasteiger partial charge is 0.324 e. The average molecular weight is 438 g/mol. The molecular weight excluding hydrogens is 410 g/mol. The monoisotopic (exact) mass is 437 g/mol. The number of hydrogen-bond donors (Lipinski definition) is 2. The van der Waals surface area contributed by atoms with Gasteiger partial charge in [0.15, 0.2) is 17.0 Å². The predicted octanol–water partition coefficient (Wildman–Crippen LogP) is 4.81. The Labute approximate surface area is 192 Å². The number of anilines is 2. The first-order valence-electron chi connectivity index (χ1n) is 11.7. The molecule has 0 saturated carbocycles. The van der Waals surface area contributed by atoms with E-state index in [0.29, 0.717) is 0 Å². The summed E-state index contributed by atoms with van der Waals surface area (Å²) in [4.78, 5) is 16.5. The Bertz CT molecular complexity index is 1330. The molecule has 3 N–H and O–H groups in total. The molecule has 0 unspecified atom stereocenters. The van der Waals surface area contributed by atoms with E-state index in [1.165, 1.54) is 11.1 Å². The highest BCUT2D eigenvalue weighted by Gasteiger charge is 2.25. The Kier molecular flexibility index (Phi) is 5.11. The lowest BCUT2D eigenvalue weighted by Crippen LogP contribution is -2.25. The second-order valence-corrected chi connectivity index (χ2v) is 8.91. The van der Waals surface area contributed by atoms with Gasteiger partial charge in [-0.2, -0.15) is 5.10 Å². The number of hydrogen-bond acceptors (Lipinski definition) is 6. The number of benzene rings is 1. The number of fused-ring (bicyclic) bond motifs is 3. The summed E-state index contributed by atoms with van der Waals surface area (Å²) in [6.45, 7) is 0.897. The van der Waals surface area contributed by atoms with Gasteiger partial charge in [0.1, 0.15) is 0 Å². The zero-order valence-electron chi connectivity index (χ0n) is 18.5. The number of nitrogens with one attached hydrogen (secondary N) is 1. The SMILES string of the molecule is N[C@@H]1CC[C@@H](c2cnc3c(N4CCCc5ncccc54)n[nH]c3n2)C/C=C/c2ccccc21. The molecule has 7 nitrogen and oxygen atoms in total. The van der Waals surface area contributed by atoms with Gasteiger partial charge in [0.05, 0.1) is 17.1 Å². The fraction of sp³-hybridized carbons (Fsp3) is 0.308. The number of pyridine rings is 1. The molecule has 0 fully saturated rings. The molecule has 0 spiro atoms. The van der Waals surface area contributed by atoms with E-state index in [9.17, 15) is 0 Å². The number of aromatic amines is 1. The molecule has 7 heteroatoms. The van der Waals surface area contributed by atoms with Crippen LogP contribution in [0.15, 0.2) is 54.9 Å². The maximum atomic E-state index is 6.54. The van der Waals surface area contributed by atoms with Crippen molar-refractivity contribution in [1.29, 1.82) is 0 Å². The number of aromatic nitrogens is 5. The molecular formula is C26H27N7. The van der Waals surface area contributed by atoms with Crippen LogP contribution in [0.3, 0.4) is 0 Å². The third-order valence-electron chi connectivity index (χ3n) is 6.84. The van der Waals surface area contributed by atoms with E-state index >= 15 is 0 Å². The molecule has 4 aromatic rings. The predicted molar refractivity (Wildman–Crippen MR) is 130 cm³/mol. The fourth-order valence-corrected chi connectivity index (χ4v) is 5.08. The van der Waals surface area contributed by atoms with Gasteiger partial charge in [-0.05, 0) is 55.4 Å². The van der Waals surface area contributed by atoms with Crippen LogP contribution in [-0.4, -0.2) is 31.7 Å². The topological polar surface area (TPSA) is 96.6 Å². The maximum Gasteiger partial charge on any atom is 0.183 e. The van der Waals surface area contributed by atoms with Gasteiger partial charge in [-0.3, -0.25) is 10.1 Å². The number of aryl methyl sites for hydroxylation is 1. The van der Waals surface area contributed by atoms with Gasteiger partial charge in [-0.15, -0.1) is 0 Å². The van der Waals surface area contributed by atoms with Gasteiger partial charge in [0.25, 0.3) is 0 Å². The summed E-state index contributed by atoms with van der Waals surface area (Å²) in [5.41, 5.74) is 13.7. The van der Waals surface area contributed by atoms with Gasteiger partial charge in [0, 0.05) is 30.9 Å². The first-order valence-corrected chi connectivity index (χ1v) is 11.7. The van der Waals surface area contributed by atoms with E-state index < -0.39 is 0 Å². The van der Waals surface area contributed by atoms with Crippen molar-refractivity contribution in [1.82, 2.24) is 25.1 Å². The summed E-state index contributed by atoms with van der Waals surface area (Å²) >= 11 is 0. The van der Waals surface area contributed by atoms with Crippen LogP contribution in [0.25, 0.3) is 17.2 Å². The first kappa shape index (κ1) is 20.1. The van der Waals surface area contributed by atoms with Crippen molar-refractivity contribution in [2.24, 2.45) is 5.73 Å². The van der Waals surface area contributed by atoms with E-state index in [2.05, 4.69) is 62.6 Å². The van der Waals surface area contributed by atoms with Gasteiger partial charge in [-0.1, -0.05) is 36.4 Å². The second kappa shape index (κ2) is 8.41. The minimum atomic E-state index is 0.0228. The van der Waals surface area contributed by atoms with Crippen LogP contribution in [0, 0.1) is 0 Å². The third-order valence-corrected chi connectivity index (χ3v) is 6.84. The molecule has 0 saturated heterocycles. The normalized spacial score (nSPS) is 21.5. The molecule has 1 aliphatic heterocycles. The molecule has 4 heterocycles. The lowest BCUT2D eigenvalue weighted by atomic mass is 9.92. The van der Waals surface area contributed by atoms with Crippen LogP contribution >= 0.6 is 0 Å². The van der Waals surface area contributed by atoms with Crippen LogP contribution in [0.1, 0.15) is 60.2 Å². The summed E-state index contributed by atoms with van der Waals surface area (Å²) < 4.78 is 0. The summed E-state index contributed by atoms with van der Waals surface area (Å²) in [5, 5.41) is 7.74. The molecule has 166 valence electrons. The van der Waals surface area contributed by atoms with Crippen LogP contribution in [0.4, 0.5) is 11.5 Å². The van der Waals surface area contributed by atoms with E-state index in [-0.39, 0.29) is 12.0 Å². The van der Waals surface area contributed by atoms with Crippen molar-refractivity contribution in [2.75, 3.05) is 11.4 Å². The second-order valence-electron chi connectivity index (χ2n) is 8.91. The minimum absolute atomic E-state index is 0.0228. The van der Waals surface area contributed by atoms with Crippen LogP contribution < -0.4 is 10.6 Å². The van der Waals surface area contributed by atoms with Crippen molar-refractivity contribution in [2.45, 2.75) is 44.1 Å². The van der Waals surface area contributed by atoms with Crippen LogP contribution in [0.5, 0.6) is 0 Å². The number of nitrogens with two attached hydrogens (primary N) is 1. The van der Waals surface area contributed by atoms with Crippen molar-refractivity contribution >= 4 is 28.7 Å². The molecule has 1 aromatic carbocycles. The average Bonchev–Trinajstić information content (AvgIpc) is 3.31. The van der Waals surface area contributed by atoms with Gasteiger partial charge >= 0.3 is 0 Å². The Morgan fingerprint density at radius 2 is 2.00 bits per heavy atom. The Balaban J connectivity index is 1.30. The number of H-pyrrole nitrogens is 1. The van der Waals surface area contributed by atoms with Gasteiger partial charge < -0.3 is 10.6 Å². The van der Waals surface area contributed by atoms with E-state index in [1.807, 2.05) is 18.5 Å². The maximum absolute atomic E-state index is 6.54. The highest BCUT2D eigenvalue weighted by atomic mass is 15.3. The molecule has 2 atom stereocenters. The standard InChI is InChI=1S/C26H27N7/c27-20-13-12-18(8-3-7-17-6-1-2-9-19(17)20)22-16-29-24-25(30-22)31-32-26(24)33-15-5-10-21-23(33)11-4-14-28-21/h1-4,6-7,9,11,14,16,18,20H,5,8,10,12-13,15,27H2,(H,30,31,32)/b7-3+/t18-,20+/m0/s1. The highest BCUT2D eigenvalue weighted by Crippen LogP contribution is 2.35. The number of allylic oxidation sites excluding steroid dienone is 1. The van der Waals surface area contributed by atoms with Crippen molar-refractivity contribution < 1.29 is 0 Å². The van der Waals surface area contributed by atoms with Crippen molar-refractivity contribution in [3.63, 3.8) is 0 Å². The number of nitrogens with zero attached hydrogens (tertiary/aromatic N) is 5. The van der Waals surface area contributed by atoms with E-state index in [4.69, 9.17) is 15.7 Å². The fourth-order valence-electron chi connectivity index (χ4n) is 5.08. The highest BCUT2D eigenvalue weighted by molar-refractivity contribution is 5.86. The molecule has 0 amide bonds. The smallest absolute Gasteiger partial charge is 0.183 e. The summed E-state index contributed by atoms with van der Waals surface area (Å²) in [6.07, 6.45) is 13.0. The molecule has 3 aromatic heterocycles. The quantitative estimate of drug-likeness (QED) is 0.467. The molecule has 0 bridgehead atoms. The zero-order valence-corrected chi connectivity index (χ0v) is 18.5. The van der Waals surface area contributed by atoms with Gasteiger partial charge in [-0.25, -0.2) is 9.97 Å². The third kappa shape index (κ3) is 3.68. The Morgan fingerprint density at radius 1 is 1.06 bits per heavy atom. The number of rotatable bonds is 2. The lowest BCUT2D eigenvalue weighted by Gasteiger charge is -2.28. The minimum Gasteiger partial charge on any atom is -0.324 e. The molecule has 1 aliphatic carbocycles. The Morgan fingerprint density at radius 3 is 2.97 bits per heavy atom. The molecule has 0 radical (unpaired) electrons. The Hall–Kier alpha value is -3.58. The molecule has 2 aliphatic rings. The van der Waals surface area contributed by atoms with Gasteiger partial charge in [0.2, 0.25) is 0 Å². The summed E-state index contributed by atoms with van der Waals surface area (Å²) in [6, 6.07) is 12.5. The molecule has 6 rings (SSSR count).